The number of carbonyl (C=O) groups excluding carboxylic acids is 2. The third-order valence-corrected chi connectivity index (χ3v) is 3.07. The summed E-state index contributed by atoms with van der Waals surface area (Å²) in [6.45, 7) is 0.957. The Kier molecular flexibility index (Phi) is 7.25. The quantitative estimate of drug-likeness (QED) is 0.495. The number of esters is 1. The van der Waals surface area contributed by atoms with Crippen LogP contribution in [0.3, 0.4) is 0 Å². The second-order valence-electron chi connectivity index (χ2n) is 4.72. The Balaban J connectivity index is 2.43. The molecule has 1 aromatic carbocycles. The highest BCUT2D eigenvalue weighted by molar-refractivity contribution is 5.92. The van der Waals surface area contributed by atoms with Crippen molar-refractivity contribution in [3.05, 3.63) is 29.3 Å². The molecule has 0 spiro atoms. The van der Waals surface area contributed by atoms with Crippen LogP contribution in [-0.4, -0.2) is 30.6 Å². The lowest BCUT2D eigenvalue weighted by Crippen LogP contribution is -2.22. The number of methoxy groups -OCH3 is 1. The Morgan fingerprint density at radius 3 is 2.67 bits per heavy atom. The number of ether oxygens (including phenoxy) is 1. The Hall–Kier alpha value is -2.08. The Morgan fingerprint density at radius 1 is 1.29 bits per heavy atom. The van der Waals surface area contributed by atoms with Gasteiger partial charge in [-0.25, -0.2) is 4.79 Å². The lowest BCUT2D eigenvalue weighted by molar-refractivity contribution is -0.121. The molecule has 6 nitrogen and oxygen atoms in total. The summed E-state index contributed by atoms with van der Waals surface area (Å²) in [6.07, 6.45) is 3.15. The molecule has 0 fully saturated rings. The maximum absolute atomic E-state index is 11.6. The summed E-state index contributed by atoms with van der Waals surface area (Å²) in [7, 11) is 1.25. The molecule has 0 aromatic heterocycles. The van der Waals surface area contributed by atoms with Gasteiger partial charge >= 0.3 is 5.97 Å². The zero-order valence-electron chi connectivity index (χ0n) is 12.2. The molecule has 0 saturated heterocycles. The van der Waals surface area contributed by atoms with Crippen molar-refractivity contribution in [3.63, 3.8) is 0 Å². The van der Waals surface area contributed by atoms with Gasteiger partial charge in [0.15, 0.2) is 0 Å². The van der Waals surface area contributed by atoms with Crippen LogP contribution in [0.1, 0.15) is 41.6 Å². The normalized spacial score (nSPS) is 10.2. The largest absolute Gasteiger partial charge is 0.507 e. The molecule has 6 heteroatoms. The molecule has 0 radical (unpaired) electrons. The van der Waals surface area contributed by atoms with Crippen molar-refractivity contribution >= 4 is 11.9 Å². The summed E-state index contributed by atoms with van der Waals surface area (Å²) in [4.78, 5) is 22.9. The monoisotopic (exact) mass is 294 g/mol. The SMILES string of the molecule is COC(=O)c1ccc(CNC(=O)CCCCCN)cc1O. The molecule has 0 aliphatic heterocycles. The van der Waals surface area contributed by atoms with E-state index in [9.17, 15) is 14.7 Å². The van der Waals surface area contributed by atoms with Gasteiger partial charge in [-0.2, -0.15) is 0 Å². The van der Waals surface area contributed by atoms with Crippen LogP contribution < -0.4 is 11.1 Å². The minimum atomic E-state index is -0.594. The summed E-state index contributed by atoms with van der Waals surface area (Å²) >= 11 is 0. The second kappa shape index (κ2) is 8.97. The van der Waals surface area contributed by atoms with Crippen molar-refractivity contribution < 1.29 is 19.4 Å². The molecular weight excluding hydrogens is 272 g/mol. The van der Waals surface area contributed by atoms with Gasteiger partial charge in [0.05, 0.1) is 7.11 Å². The first-order valence-electron chi connectivity index (χ1n) is 6.95. The highest BCUT2D eigenvalue weighted by atomic mass is 16.5. The predicted octanol–water partition coefficient (Wildman–Crippen LogP) is 1.31. The third kappa shape index (κ3) is 5.83. The predicted molar refractivity (Wildman–Crippen MR) is 78.8 cm³/mol. The van der Waals surface area contributed by atoms with Crippen molar-refractivity contribution in [2.75, 3.05) is 13.7 Å². The molecule has 116 valence electrons. The molecule has 1 amide bonds. The highest BCUT2D eigenvalue weighted by Gasteiger charge is 2.11. The van der Waals surface area contributed by atoms with E-state index >= 15 is 0 Å². The van der Waals surface area contributed by atoms with Gasteiger partial charge in [0.25, 0.3) is 0 Å². The van der Waals surface area contributed by atoms with E-state index < -0.39 is 5.97 Å². The first-order valence-corrected chi connectivity index (χ1v) is 6.95. The van der Waals surface area contributed by atoms with Crippen molar-refractivity contribution in [1.82, 2.24) is 5.32 Å². The van der Waals surface area contributed by atoms with Crippen LogP contribution in [0.2, 0.25) is 0 Å². The maximum Gasteiger partial charge on any atom is 0.341 e. The topological polar surface area (TPSA) is 102 Å². The molecular formula is C15H22N2O4. The van der Waals surface area contributed by atoms with E-state index in [0.717, 1.165) is 24.8 Å². The summed E-state index contributed by atoms with van der Waals surface area (Å²) in [6, 6.07) is 4.59. The molecule has 1 rings (SSSR count). The number of aromatic hydroxyl groups is 1. The average Bonchev–Trinajstić information content (AvgIpc) is 2.49. The number of nitrogens with one attached hydrogen (secondary N) is 1. The second-order valence-corrected chi connectivity index (χ2v) is 4.72. The van der Waals surface area contributed by atoms with E-state index in [-0.39, 0.29) is 17.2 Å². The fourth-order valence-electron chi connectivity index (χ4n) is 1.87. The number of hydrogen-bond acceptors (Lipinski definition) is 5. The van der Waals surface area contributed by atoms with Crippen LogP contribution in [0.5, 0.6) is 5.75 Å². The molecule has 21 heavy (non-hydrogen) atoms. The number of rotatable bonds is 8. The highest BCUT2D eigenvalue weighted by Crippen LogP contribution is 2.19. The van der Waals surface area contributed by atoms with E-state index in [2.05, 4.69) is 10.1 Å². The van der Waals surface area contributed by atoms with Gasteiger partial charge < -0.3 is 20.9 Å². The summed E-state index contributed by atoms with van der Waals surface area (Å²) in [5.74, 6) is -0.789. The van der Waals surface area contributed by atoms with Crippen LogP contribution in [0.15, 0.2) is 18.2 Å². The lowest BCUT2D eigenvalue weighted by atomic mass is 10.1. The number of unbranched alkanes of at least 4 members (excludes halogenated alkanes) is 2. The van der Waals surface area contributed by atoms with Crippen LogP contribution in [0.25, 0.3) is 0 Å². The Bertz CT molecular complexity index is 489. The number of phenolic OH excluding ortho intramolecular Hbond substituents is 1. The van der Waals surface area contributed by atoms with Crippen molar-refractivity contribution in [2.45, 2.75) is 32.2 Å². The third-order valence-electron chi connectivity index (χ3n) is 3.07. The lowest BCUT2D eigenvalue weighted by Gasteiger charge is -2.08. The molecule has 0 aliphatic carbocycles. The van der Waals surface area contributed by atoms with E-state index in [1.165, 1.54) is 19.2 Å². The summed E-state index contributed by atoms with van der Waals surface area (Å²) < 4.78 is 4.54. The Morgan fingerprint density at radius 2 is 2.05 bits per heavy atom. The fraction of sp³-hybridized carbons (Fsp3) is 0.467. The van der Waals surface area contributed by atoms with E-state index in [1.54, 1.807) is 6.07 Å². The van der Waals surface area contributed by atoms with Gasteiger partial charge in [-0.05, 0) is 37.1 Å². The minimum Gasteiger partial charge on any atom is -0.507 e. The molecule has 0 unspecified atom stereocenters. The summed E-state index contributed by atoms with van der Waals surface area (Å²) in [5, 5.41) is 12.5. The number of phenols is 1. The zero-order valence-corrected chi connectivity index (χ0v) is 12.2. The number of amides is 1. The van der Waals surface area contributed by atoms with E-state index in [0.29, 0.717) is 19.5 Å². The van der Waals surface area contributed by atoms with Crippen LogP contribution in [0, 0.1) is 0 Å². The van der Waals surface area contributed by atoms with Crippen molar-refractivity contribution in [1.29, 1.82) is 0 Å². The Labute approximate surface area is 124 Å². The molecule has 0 atom stereocenters. The van der Waals surface area contributed by atoms with Gasteiger partial charge in [0, 0.05) is 13.0 Å². The minimum absolute atomic E-state index is 0.0384. The van der Waals surface area contributed by atoms with Gasteiger partial charge in [0.2, 0.25) is 5.91 Å². The molecule has 0 saturated carbocycles. The van der Waals surface area contributed by atoms with Crippen molar-refractivity contribution in [2.24, 2.45) is 5.73 Å². The average molecular weight is 294 g/mol. The molecule has 0 bridgehead atoms. The van der Waals surface area contributed by atoms with Crippen LogP contribution >= 0.6 is 0 Å². The smallest absolute Gasteiger partial charge is 0.341 e. The molecule has 4 N–H and O–H groups in total. The fourth-order valence-corrected chi connectivity index (χ4v) is 1.87. The molecule has 1 aromatic rings. The van der Waals surface area contributed by atoms with Gasteiger partial charge in [-0.3, -0.25) is 4.79 Å². The van der Waals surface area contributed by atoms with E-state index in [4.69, 9.17) is 5.73 Å². The van der Waals surface area contributed by atoms with Gasteiger partial charge in [-0.15, -0.1) is 0 Å². The van der Waals surface area contributed by atoms with Crippen LogP contribution in [-0.2, 0) is 16.1 Å². The maximum atomic E-state index is 11.6. The van der Waals surface area contributed by atoms with E-state index in [1.807, 2.05) is 0 Å². The molecule has 0 aliphatic rings. The number of benzene rings is 1. The first kappa shape index (κ1) is 17.0. The summed E-state index contributed by atoms with van der Waals surface area (Å²) in [5.41, 5.74) is 6.20. The van der Waals surface area contributed by atoms with Gasteiger partial charge in [-0.1, -0.05) is 12.5 Å². The zero-order chi connectivity index (χ0) is 15.7. The number of nitrogens with two attached hydrogens (primary N) is 1. The van der Waals surface area contributed by atoms with Crippen molar-refractivity contribution in [3.8, 4) is 5.75 Å². The standard InChI is InChI=1S/C15H22N2O4/c1-21-15(20)12-7-6-11(9-13(12)18)10-17-14(19)5-3-2-4-8-16/h6-7,9,18H,2-5,8,10,16H2,1H3,(H,17,19). The number of carbonyl (C=O) groups is 2. The van der Waals surface area contributed by atoms with Crippen LogP contribution in [0.4, 0.5) is 0 Å². The van der Waals surface area contributed by atoms with Gasteiger partial charge in [0.1, 0.15) is 11.3 Å². The first-order chi connectivity index (χ1) is 10.1. The number of hydrogen-bond donors (Lipinski definition) is 3. The molecule has 0 heterocycles.